The molecule has 0 atom stereocenters. The molecule has 1 fully saturated rings. The molecule has 0 aliphatic carbocycles. The van der Waals surface area contributed by atoms with Crippen molar-refractivity contribution in [3.05, 3.63) is 64.0 Å². The van der Waals surface area contributed by atoms with Gasteiger partial charge in [0, 0.05) is 31.7 Å². The van der Waals surface area contributed by atoms with Crippen molar-refractivity contribution in [3.63, 3.8) is 0 Å². The highest BCUT2D eigenvalue weighted by molar-refractivity contribution is 7.89. The lowest BCUT2D eigenvalue weighted by Crippen LogP contribution is -2.48. The summed E-state index contributed by atoms with van der Waals surface area (Å²) in [7, 11) is -3.56. The van der Waals surface area contributed by atoms with E-state index >= 15 is 0 Å². The largest absolute Gasteiger partial charge is 0.419 e. The molecular weight excluding hydrogens is 424 g/mol. The van der Waals surface area contributed by atoms with Crippen LogP contribution in [0, 0.1) is 34.6 Å². The van der Waals surface area contributed by atoms with Gasteiger partial charge in [0.2, 0.25) is 21.8 Å². The molecule has 1 aromatic heterocycles. The maximum atomic E-state index is 13.5. The molecule has 4 rings (SSSR count). The third kappa shape index (κ3) is 4.10. The highest BCUT2D eigenvalue weighted by atomic mass is 32.2. The topological polar surface area (TPSA) is 79.5 Å². The second kappa shape index (κ2) is 8.77. The van der Waals surface area contributed by atoms with Crippen molar-refractivity contribution in [1.82, 2.24) is 19.4 Å². The molecule has 0 N–H and O–H groups in total. The van der Waals surface area contributed by atoms with Crippen LogP contribution in [0.2, 0.25) is 0 Å². The van der Waals surface area contributed by atoms with Crippen LogP contribution >= 0.6 is 0 Å². The first kappa shape index (κ1) is 22.6. The van der Waals surface area contributed by atoms with E-state index in [-0.39, 0.29) is 0 Å². The van der Waals surface area contributed by atoms with Crippen molar-refractivity contribution in [2.75, 3.05) is 26.2 Å². The Labute approximate surface area is 190 Å². The summed E-state index contributed by atoms with van der Waals surface area (Å²) in [5, 5.41) is 8.30. The summed E-state index contributed by atoms with van der Waals surface area (Å²) in [5.41, 5.74) is 5.86. The average Bonchev–Trinajstić information content (AvgIpc) is 3.26. The molecule has 0 saturated carbocycles. The van der Waals surface area contributed by atoms with Crippen LogP contribution in [0.3, 0.4) is 0 Å². The van der Waals surface area contributed by atoms with Crippen LogP contribution in [0.4, 0.5) is 0 Å². The first-order valence-electron chi connectivity index (χ1n) is 10.9. The minimum absolute atomic E-state index is 0.437. The maximum Gasteiger partial charge on any atom is 0.247 e. The average molecular weight is 455 g/mol. The quantitative estimate of drug-likeness (QED) is 0.584. The minimum Gasteiger partial charge on any atom is -0.419 e. The van der Waals surface area contributed by atoms with Crippen LogP contribution in [-0.4, -0.2) is 54.0 Å². The van der Waals surface area contributed by atoms with Crippen molar-refractivity contribution < 1.29 is 12.8 Å². The van der Waals surface area contributed by atoms with Crippen LogP contribution < -0.4 is 0 Å². The molecule has 8 heteroatoms. The molecule has 32 heavy (non-hydrogen) atoms. The molecule has 2 heterocycles. The lowest BCUT2D eigenvalue weighted by atomic mass is 9.95. The summed E-state index contributed by atoms with van der Waals surface area (Å²) in [5.74, 6) is 1.04. The summed E-state index contributed by atoms with van der Waals surface area (Å²) >= 11 is 0. The summed E-state index contributed by atoms with van der Waals surface area (Å²) < 4.78 is 34.5. The molecule has 3 aromatic rings. The smallest absolute Gasteiger partial charge is 0.247 e. The first-order chi connectivity index (χ1) is 15.2. The van der Waals surface area contributed by atoms with E-state index < -0.39 is 10.0 Å². The first-order valence-corrected chi connectivity index (χ1v) is 12.3. The molecule has 1 saturated heterocycles. The number of benzene rings is 2. The van der Waals surface area contributed by atoms with E-state index in [2.05, 4.69) is 22.0 Å². The van der Waals surface area contributed by atoms with Crippen molar-refractivity contribution in [1.29, 1.82) is 0 Å². The fraction of sp³-hybridized carbons (Fsp3) is 0.417. The van der Waals surface area contributed by atoms with Crippen LogP contribution in [0.15, 0.2) is 39.6 Å². The van der Waals surface area contributed by atoms with Gasteiger partial charge < -0.3 is 4.42 Å². The van der Waals surface area contributed by atoms with Crippen LogP contribution in [0.5, 0.6) is 0 Å². The van der Waals surface area contributed by atoms with Gasteiger partial charge in [-0.1, -0.05) is 18.2 Å². The fourth-order valence-electron chi connectivity index (χ4n) is 4.32. The molecule has 0 unspecified atom stereocenters. The normalized spacial score (nSPS) is 15.9. The predicted octanol–water partition coefficient (Wildman–Crippen LogP) is 3.79. The maximum absolute atomic E-state index is 13.5. The van der Waals surface area contributed by atoms with Gasteiger partial charge in [0.1, 0.15) is 0 Å². The zero-order chi connectivity index (χ0) is 23.0. The molecule has 1 aliphatic rings. The Bertz CT molecular complexity index is 1200. The number of sulfonamides is 1. The number of piperazine rings is 1. The van der Waals surface area contributed by atoms with E-state index in [1.165, 1.54) is 0 Å². The Morgan fingerprint density at radius 2 is 1.38 bits per heavy atom. The molecular formula is C24H30N4O3S. The Hall–Kier alpha value is -2.55. The van der Waals surface area contributed by atoms with E-state index in [0.29, 0.717) is 49.4 Å². The summed E-state index contributed by atoms with van der Waals surface area (Å²) in [6.07, 6.45) is 0. The highest BCUT2D eigenvalue weighted by Gasteiger charge is 2.32. The number of hydrogen-bond donors (Lipinski definition) is 0. The zero-order valence-electron chi connectivity index (χ0n) is 19.3. The molecule has 0 spiro atoms. The Balaban J connectivity index is 1.46. The highest BCUT2D eigenvalue weighted by Crippen LogP contribution is 2.32. The second-order valence-electron chi connectivity index (χ2n) is 8.50. The van der Waals surface area contributed by atoms with Gasteiger partial charge in [-0.15, -0.1) is 10.2 Å². The molecule has 7 nitrogen and oxygen atoms in total. The molecule has 2 aromatic carbocycles. The van der Waals surface area contributed by atoms with E-state index in [1.54, 1.807) is 4.31 Å². The second-order valence-corrected chi connectivity index (χ2v) is 10.4. The number of aromatic nitrogens is 2. The van der Waals surface area contributed by atoms with Gasteiger partial charge in [0.05, 0.1) is 11.4 Å². The van der Waals surface area contributed by atoms with Gasteiger partial charge in [-0.05, 0) is 74.6 Å². The number of nitrogens with zero attached hydrogens (tertiary/aromatic N) is 4. The SMILES string of the molecule is Cc1c(C)c(C)c(S(=O)(=O)N2CCN(Cc3nnc(-c4ccccc4)o3)CC2)c(C)c1C. The predicted molar refractivity (Wildman–Crippen MR) is 124 cm³/mol. The van der Waals surface area contributed by atoms with Crippen LogP contribution in [0.25, 0.3) is 11.5 Å². The van der Waals surface area contributed by atoms with Gasteiger partial charge >= 0.3 is 0 Å². The van der Waals surface area contributed by atoms with Gasteiger partial charge in [0.25, 0.3) is 0 Å². The standard InChI is InChI=1S/C24H30N4O3S/c1-16-17(2)19(4)23(20(5)18(16)3)32(29,30)28-13-11-27(12-14-28)15-22-25-26-24(31-22)21-9-7-6-8-10-21/h6-10H,11-15H2,1-5H3. The van der Waals surface area contributed by atoms with E-state index in [0.717, 1.165) is 33.4 Å². The number of rotatable bonds is 5. The van der Waals surface area contributed by atoms with E-state index in [1.807, 2.05) is 58.0 Å². The Morgan fingerprint density at radius 3 is 1.97 bits per heavy atom. The lowest BCUT2D eigenvalue weighted by molar-refractivity contribution is 0.168. The van der Waals surface area contributed by atoms with Crippen molar-refractivity contribution in [2.24, 2.45) is 0 Å². The van der Waals surface area contributed by atoms with E-state index in [4.69, 9.17) is 4.42 Å². The molecule has 0 amide bonds. The van der Waals surface area contributed by atoms with Crippen LogP contribution in [-0.2, 0) is 16.6 Å². The van der Waals surface area contributed by atoms with Crippen molar-refractivity contribution in [2.45, 2.75) is 46.1 Å². The van der Waals surface area contributed by atoms with E-state index in [9.17, 15) is 8.42 Å². The van der Waals surface area contributed by atoms with Gasteiger partial charge in [-0.25, -0.2) is 8.42 Å². The summed E-state index contributed by atoms with van der Waals surface area (Å²) in [6.45, 7) is 12.5. The molecule has 0 bridgehead atoms. The summed E-state index contributed by atoms with van der Waals surface area (Å²) in [4.78, 5) is 2.62. The van der Waals surface area contributed by atoms with Crippen molar-refractivity contribution >= 4 is 10.0 Å². The Kier molecular flexibility index (Phi) is 6.20. The van der Waals surface area contributed by atoms with Crippen LogP contribution in [0.1, 0.15) is 33.7 Å². The Morgan fingerprint density at radius 1 is 0.812 bits per heavy atom. The lowest BCUT2D eigenvalue weighted by Gasteiger charge is -2.34. The fourth-order valence-corrected chi connectivity index (χ4v) is 6.30. The molecule has 0 radical (unpaired) electrons. The molecule has 170 valence electrons. The molecule has 1 aliphatic heterocycles. The zero-order valence-corrected chi connectivity index (χ0v) is 20.2. The van der Waals surface area contributed by atoms with Crippen molar-refractivity contribution in [3.8, 4) is 11.5 Å². The summed E-state index contributed by atoms with van der Waals surface area (Å²) in [6, 6.07) is 9.66. The van der Waals surface area contributed by atoms with Gasteiger partial charge in [0.15, 0.2) is 0 Å². The van der Waals surface area contributed by atoms with Gasteiger partial charge in [-0.2, -0.15) is 4.31 Å². The monoisotopic (exact) mass is 454 g/mol. The number of hydrogen-bond acceptors (Lipinski definition) is 6. The van der Waals surface area contributed by atoms with Gasteiger partial charge in [-0.3, -0.25) is 4.90 Å². The minimum atomic E-state index is -3.56. The third-order valence-electron chi connectivity index (χ3n) is 6.71. The third-order valence-corrected chi connectivity index (χ3v) is 8.88.